The molecule has 21 heavy (non-hydrogen) atoms. The molecule has 2 rings (SSSR count). The molecule has 7 heteroatoms. The topological polar surface area (TPSA) is 95.9 Å². The van der Waals surface area contributed by atoms with Crippen LogP contribution >= 0.6 is 0 Å². The van der Waals surface area contributed by atoms with Gasteiger partial charge in [0.1, 0.15) is 5.75 Å². The second-order valence-corrected chi connectivity index (χ2v) is 4.64. The average molecular weight is 292 g/mol. The Morgan fingerprint density at radius 2 is 2.05 bits per heavy atom. The predicted molar refractivity (Wildman–Crippen MR) is 72.5 cm³/mol. The molecule has 1 aliphatic rings. The maximum Gasteiger partial charge on any atom is 0.308 e. The van der Waals surface area contributed by atoms with E-state index >= 15 is 0 Å². The SMILES string of the molecule is CCOc1ccc(C(=O)NN2CC(C(=O)O)CC2=O)cc1. The van der Waals surface area contributed by atoms with Crippen molar-refractivity contribution in [1.29, 1.82) is 0 Å². The summed E-state index contributed by atoms with van der Waals surface area (Å²) in [5.41, 5.74) is 2.79. The highest BCUT2D eigenvalue weighted by Gasteiger charge is 2.35. The fourth-order valence-corrected chi connectivity index (χ4v) is 2.04. The Bertz CT molecular complexity index is 555. The lowest BCUT2D eigenvalue weighted by Crippen LogP contribution is -2.43. The van der Waals surface area contributed by atoms with E-state index in [1.54, 1.807) is 24.3 Å². The van der Waals surface area contributed by atoms with Crippen molar-refractivity contribution in [2.24, 2.45) is 5.92 Å². The highest BCUT2D eigenvalue weighted by atomic mass is 16.5. The van der Waals surface area contributed by atoms with Crippen LogP contribution in [0.2, 0.25) is 0 Å². The first kappa shape index (κ1) is 14.8. The highest BCUT2D eigenvalue weighted by Crippen LogP contribution is 2.17. The molecule has 2 amide bonds. The Kier molecular flexibility index (Phi) is 4.42. The fourth-order valence-electron chi connectivity index (χ4n) is 2.04. The summed E-state index contributed by atoms with van der Waals surface area (Å²) in [6.07, 6.45) is -0.0983. The van der Waals surface area contributed by atoms with Crippen LogP contribution in [0.4, 0.5) is 0 Å². The first-order valence-corrected chi connectivity index (χ1v) is 6.58. The van der Waals surface area contributed by atoms with Crippen molar-refractivity contribution in [1.82, 2.24) is 10.4 Å². The van der Waals surface area contributed by atoms with Crippen LogP contribution in [-0.4, -0.2) is 41.1 Å². The molecule has 1 heterocycles. The summed E-state index contributed by atoms with van der Waals surface area (Å²) in [6, 6.07) is 6.47. The average Bonchev–Trinajstić information content (AvgIpc) is 2.81. The molecule has 112 valence electrons. The summed E-state index contributed by atoms with van der Waals surface area (Å²) < 4.78 is 5.27. The van der Waals surface area contributed by atoms with Gasteiger partial charge in [-0.1, -0.05) is 0 Å². The zero-order chi connectivity index (χ0) is 15.4. The number of nitrogens with zero attached hydrogens (tertiary/aromatic N) is 1. The van der Waals surface area contributed by atoms with Crippen LogP contribution < -0.4 is 10.2 Å². The Morgan fingerprint density at radius 1 is 1.38 bits per heavy atom. The van der Waals surface area contributed by atoms with Crippen LogP contribution in [0.25, 0.3) is 0 Å². The van der Waals surface area contributed by atoms with Crippen molar-refractivity contribution in [2.45, 2.75) is 13.3 Å². The molecule has 0 aromatic heterocycles. The van der Waals surface area contributed by atoms with Crippen LogP contribution in [0, 0.1) is 5.92 Å². The van der Waals surface area contributed by atoms with Gasteiger partial charge in [0.05, 0.1) is 19.1 Å². The first-order valence-electron chi connectivity index (χ1n) is 6.58. The number of carbonyl (C=O) groups excluding carboxylic acids is 2. The number of hydrazine groups is 1. The number of carboxylic acid groups (broad SMARTS) is 1. The summed E-state index contributed by atoms with van der Waals surface area (Å²) in [5, 5.41) is 9.93. The van der Waals surface area contributed by atoms with Crippen molar-refractivity contribution < 1.29 is 24.2 Å². The second kappa shape index (κ2) is 6.25. The molecule has 1 aromatic carbocycles. The van der Waals surface area contributed by atoms with Gasteiger partial charge in [-0.3, -0.25) is 24.8 Å². The number of rotatable bonds is 5. The van der Waals surface area contributed by atoms with Gasteiger partial charge in [0, 0.05) is 12.0 Å². The molecule has 1 aromatic rings. The lowest BCUT2D eigenvalue weighted by atomic mass is 10.1. The molecular formula is C14H16N2O5. The summed E-state index contributed by atoms with van der Waals surface area (Å²) in [4.78, 5) is 34.5. The molecule has 0 bridgehead atoms. The molecule has 0 radical (unpaired) electrons. The Morgan fingerprint density at radius 3 is 2.57 bits per heavy atom. The molecule has 0 spiro atoms. The zero-order valence-corrected chi connectivity index (χ0v) is 11.5. The number of nitrogens with one attached hydrogen (secondary N) is 1. The maximum absolute atomic E-state index is 12.0. The van der Waals surface area contributed by atoms with Crippen LogP contribution in [0.15, 0.2) is 24.3 Å². The van der Waals surface area contributed by atoms with Gasteiger partial charge in [0.2, 0.25) is 5.91 Å². The molecule has 0 aliphatic carbocycles. The number of ether oxygens (including phenoxy) is 1. The van der Waals surface area contributed by atoms with Crippen molar-refractivity contribution in [3.8, 4) is 5.75 Å². The number of benzene rings is 1. The number of hydrogen-bond acceptors (Lipinski definition) is 4. The molecule has 2 N–H and O–H groups in total. The van der Waals surface area contributed by atoms with E-state index in [1.807, 2.05) is 6.92 Å². The molecule has 1 fully saturated rings. The Balaban J connectivity index is 1.98. The van der Waals surface area contributed by atoms with Crippen molar-refractivity contribution in [2.75, 3.05) is 13.2 Å². The van der Waals surface area contributed by atoms with Crippen LogP contribution in [-0.2, 0) is 9.59 Å². The minimum atomic E-state index is -1.04. The van der Waals surface area contributed by atoms with E-state index in [4.69, 9.17) is 9.84 Å². The quantitative estimate of drug-likeness (QED) is 0.831. The normalized spacial score (nSPS) is 17.7. The summed E-state index contributed by atoms with van der Waals surface area (Å²) in [6.45, 7) is 2.37. The van der Waals surface area contributed by atoms with E-state index in [0.29, 0.717) is 17.9 Å². The standard InChI is InChI=1S/C14H16N2O5/c1-2-21-11-5-3-9(4-6-11)13(18)15-16-8-10(14(19)20)7-12(16)17/h3-6,10H,2,7-8H2,1H3,(H,15,18)(H,19,20). The van der Waals surface area contributed by atoms with Gasteiger partial charge in [-0.15, -0.1) is 0 Å². The molecule has 7 nitrogen and oxygen atoms in total. The molecule has 1 unspecified atom stereocenters. The maximum atomic E-state index is 12.0. The van der Waals surface area contributed by atoms with E-state index in [1.165, 1.54) is 0 Å². The Labute approximate surface area is 121 Å². The molecule has 0 saturated carbocycles. The summed E-state index contributed by atoms with van der Waals surface area (Å²) in [7, 11) is 0. The van der Waals surface area contributed by atoms with Gasteiger partial charge >= 0.3 is 5.97 Å². The van der Waals surface area contributed by atoms with E-state index in [2.05, 4.69) is 5.43 Å². The van der Waals surface area contributed by atoms with Gasteiger partial charge in [-0.05, 0) is 31.2 Å². The van der Waals surface area contributed by atoms with E-state index in [0.717, 1.165) is 5.01 Å². The monoisotopic (exact) mass is 292 g/mol. The molecular weight excluding hydrogens is 276 g/mol. The Hall–Kier alpha value is -2.57. The third kappa shape index (κ3) is 3.50. The van der Waals surface area contributed by atoms with Crippen molar-refractivity contribution >= 4 is 17.8 Å². The number of hydrogen-bond donors (Lipinski definition) is 2. The van der Waals surface area contributed by atoms with E-state index in [-0.39, 0.29) is 13.0 Å². The largest absolute Gasteiger partial charge is 0.494 e. The third-order valence-electron chi connectivity index (χ3n) is 3.14. The lowest BCUT2D eigenvalue weighted by molar-refractivity contribution is -0.141. The minimum Gasteiger partial charge on any atom is -0.494 e. The summed E-state index contributed by atoms with van der Waals surface area (Å²) >= 11 is 0. The number of carboxylic acids is 1. The van der Waals surface area contributed by atoms with Gasteiger partial charge in [-0.25, -0.2) is 0 Å². The van der Waals surface area contributed by atoms with E-state index < -0.39 is 23.7 Å². The highest BCUT2D eigenvalue weighted by molar-refractivity contribution is 5.96. The smallest absolute Gasteiger partial charge is 0.308 e. The van der Waals surface area contributed by atoms with Crippen molar-refractivity contribution in [3.63, 3.8) is 0 Å². The number of aliphatic carboxylic acids is 1. The third-order valence-corrected chi connectivity index (χ3v) is 3.14. The summed E-state index contributed by atoms with van der Waals surface area (Å²) in [5.74, 6) is -2.03. The van der Waals surface area contributed by atoms with Gasteiger partial charge < -0.3 is 9.84 Å². The van der Waals surface area contributed by atoms with Crippen LogP contribution in [0.3, 0.4) is 0 Å². The number of amides is 2. The van der Waals surface area contributed by atoms with Crippen LogP contribution in [0.5, 0.6) is 5.75 Å². The van der Waals surface area contributed by atoms with Gasteiger partial charge in [0.15, 0.2) is 0 Å². The van der Waals surface area contributed by atoms with Crippen molar-refractivity contribution in [3.05, 3.63) is 29.8 Å². The number of carbonyl (C=O) groups is 3. The minimum absolute atomic E-state index is 0.0169. The van der Waals surface area contributed by atoms with Gasteiger partial charge in [-0.2, -0.15) is 0 Å². The van der Waals surface area contributed by atoms with Crippen LogP contribution in [0.1, 0.15) is 23.7 Å². The molecule has 1 saturated heterocycles. The first-order chi connectivity index (χ1) is 10.0. The molecule has 1 atom stereocenters. The fraction of sp³-hybridized carbons (Fsp3) is 0.357. The zero-order valence-electron chi connectivity index (χ0n) is 11.5. The predicted octanol–water partition coefficient (Wildman–Crippen LogP) is 0.663. The lowest BCUT2D eigenvalue weighted by Gasteiger charge is -2.17. The van der Waals surface area contributed by atoms with Gasteiger partial charge in [0.25, 0.3) is 5.91 Å². The second-order valence-electron chi connectivity index (χ2n) is 4.64. The molecule has 1 aliphatic heterocycles. The van der Waals surface area contributed by atoms with E-state index in [9.17, 15) is 14.4 Å².